The Morgan fingerprint density at radius 3 is 2.69 bits per heavy atom. The Hall–Kier alpha value is -2.67. The van der Waals surface area contributed by atoms with Crippen LogP contribution in [0, 0.1) is 5.92 Å². The lowest BCUT2D eigenvalue weighted by atomic mass is 10.1. The van der Waals surface area contributed by atoms with Crippen molar-refractivity contribution in [1.29, 1.82) is 0 Å². The normalized spacial score (nSPS) is 11.9. The number of carbonyl (C=O) groups excluding carboxylic acids is 1. The largest absolute Gasteiger partial charge is 0.481 e. The summed E-state index contributed by atoms with van der Waals surface area (Å²) >= 11 is 0. The van der Waals surface area contributed by atoms with E-state index in [4.69, 9.17) is 14.4 Å². The molecular formula is C19H24N2O5. The number of carbonyl (C=O) groups is 2. The van der Waals surface area contributed by atoms with Gasteiger partial charge in [-0.15, -0.1) is 0 Å². The number of ether oxygens (including phenoxy) is 1. The molecule has 0 aliphatic rings. The third-order valence-electron chi connectivity index (χ3n) is 3.91. The second-order valence-corrected chi connectivity index (χ2v) is 5.98. The van der Waals surface area contributed by atoms with Gasteiger partial charge in [-0.05, 0) is 13.3 Å². The molecule has 7 nitrogen and oxygen atoms in total. The van der Waals surface area contributed by atoms with E-state index in [1.54, 1.807) is 13.0 Å². The van der Waals surface area contributed by atoms with E-state index in [0.29, 0.717) is 31.9 Å². The van der Waals surface area contributed by atoms with Crippen molar-refractivity contribution in [1.82, 2.24) is 10.1 Å². The van der Waals surface area contributed by atoms with Crippen LogP contribution in [0.25, 0.3) is 11.3 Å². The van der Waals surface area contributed by atoms with E-state index < -0.39 is 11.9 Å². The Bertz CT molecular complexity index is 714. The average molecular weight is 360 g/mol. The molecular weight excluding hydrogens is 336 g/mol. The number of rotatable bonds is 10. The third kappa shape index (κ3) is 5.42. The molecule has 1 aromatic carbocycles. The minimum atomic E-state index is -0.949. The van der Waals surface area contributed by atoms with Crippen molar-refractivity contribution in [3.8, 4) is 11.3 Å². The fourth-order valence-corrected chi connectivity index (χ4v) is 2.46. The van der Waals surface area contributed by atoms with E-state index in [1.165, 1.54) is 4.90 Å². The molecule has 7 heteroatoms. The molecule has 0 bridgehead atoms. The first-order valence-corrected chi connectivity index (χ1v) is 8.64. The van der Waals surface area contributed by atoms with Gasteiger partial charge in [0.15, 0.2) is 0 Å². The Morgan fingerprint density at radius 1 is 1.31 bits per heavy atom. The van der Waals surface area contributed by atoms with Crippen LogP contribution < -0.4 is 0 Å². The van der Waals surface area contributed by atoms with E-state index >= 15 is 0 Å². The second-order valence-electron chi connectivity index (χ2n) is 5.98. The van der Waals surface area contributed by atoms with Crippen molar-refractivity contribution in [3.05, 3.63) is 42.2 Å². The lowest BCUT2D eigenvalue weighted by molar-refractivity contribution is -0.141. The summed E-state index contributed by atoms with van der Waals surface area (Å²) in [6.07, 6.45) is 0.617. The van der Waals surface area contributed by atoms with Gasteiger partial charge in [-0.25, -0.2) is 0 Å². The van der Waals surface area contributed by atoms with E-state index in [1.807, 2.05) is 37.3 Å². The summed E-state index contributed by atoms with van der Waals surface area (Å²) < 4.78 is 10.5. The van der Waals surface area contributed by atoms with E-state index in [9.17, 15) is 9.59 Å². The SMILES string of the molecule is CCOCCCN(CC(C)C(=O)O)C(=O)c1cc(-c2ccccc2)no1. The Labute approximate surface area is 152 Å². The molecule has 1 unspecified atom stereocenters. The Morgan fingerprint density at radius 2 is 2.04 bits per heavy atom. The minimum Gasteiger partial charge on any atom is -0.481 e. The van der Waals surface area contributed by atoms with Crippen molar-refractivity contribution in [2.45, 2.75) is 20.3 Å². The van der Waals surface area contributed by atoms with Gasteiger partial charge < -0.3 is 19.3 Å². The van der Waals surface area contributed by atoms with Gasteiger partial charge in [-0.1, -0.05) is 42.4 Å². The summed E-state index contributed by atoms with van der Waals surface area (Å²) in [5.74, 6) is -1.90. The van der Waals surface area contributed by atoms with Gasteiger partial charge in [0, 0.05) is 37.9 Å². The zero-order valence-corrected chi connectivity index (χ0v) is 15.1. The maximum absolute atomic E-state index is 12.8. The molecule has 0 aliphatic carbocycles. The number of benzene rings is 1. The van der Waals surface area contributed by atoms with E-state index in [2.05, 4.69) is 5.16 Å². The summed E-state index contributed by atoms with van der Waals surface area (Å²) in [4.78, 5) is 25.4. The zero-order chi connectivity index (χ0) is 18.9. The van der Waals surface area contributed by atoms with Crippen molar-refractivity contribution < 1.29 is 24.0 Å². The first kappa shape index (κ1) is 19.7. The maximum Gasteiger partial charge on any atom is 0.308 e. The first-order valence-electron chi connectivity index (χ1n) is 8.64. The number of nitrogens with zero attached hydrogens (tertiary/aromatic N) is 2. The van der Waals surface area contributed by atoms with Gasteiger partial charge in [0.2, 0.25) is 5.76 Å². The van der Waals surface area contributed by atoms with Gasteiger partial charge >= 0.3 is 5.97 Å². The van der Waals surface area contributed by atoms with Crippen molar-refractivity contribution >= 4 is 11.9 Å². The fraction of sp³-hybridized carbons (Fsp3) is 0.421. The second kappa shape index (κ2) is 9.72. The molecule has 140 valence electrons. The van der Waals surface area contributed by atoms with Crippen LogP contribution in [0.15, 0.2) is 40.9 Å². The molecule has 2 rings (SSSR count). The fourth-order valence-electron chi connectivity index (χ4n) is 2.46. The highest BCUT2D eigenvalue weighted by Crippen LogP contribution is 2.20. The van der Waals surface area contributed by atoms with E-state index in [0.717, 1.165) is 5.56 Å². The quantitative estimate of drug-likeness (QED) is 0.655. The predicted molar refractivity (Wildman–Crippen MR) is 95.8 cm³/mol. The predicted octanol–water partition coefficient (Wildman–Crippen LogP) is 2.93. The molecule has 0 aliphatic heterocycles. The monoisotopic (exact) mass is 360 g/mol. The number of aliphatic carboxylic acids is 1. The lowest BCUT2D eigenvalue weighted by Gasteiger charge is -2.23. The van der Waals surface area contributed by atoms with Crippen LogP contribution in [-0.4, -0.2) is 53.3 Å². The van der Waals surface area contributed by atoms with Gasteiger partial charge in [-0.3, -0.25) is 9.59 Å². The van der Waals surface area contributed by atoms with Crippen molar-refractivity contribution in [2.75, 3.05) is 26.3 Å². The summed E-state index contributed by atoms with van der Waals surface area (Å²) in [6.45, 7) is 5.06. The molecule has 1 heterocycles. The molecule has 0 saturated heterocycles. The molecule has 2 aromatic rings. The third-order valence-corrected chi connectivity index (χ3v) is 3.91. The molecule has 0 fully saturated rings. The Balaban J connectivity index is 2.11. The molecule has 26 heavy (non-hydrogen) atoms. The molecule has 1 N–H and O–H groups in total. The minimum absolute atomic E-state index is 0.0952. The summed E-state index contributed by atoms with van der Waals surface area (Å²) in [5, 5.41) is 13.1. The molecule has 1 atom stereocenters. The number of carboxylic acids is 1. The number of hydrogen-bond acceptors (Lipinski definition) is 5. The molecule has 1 amide bonds. The van der Waals surface area contributed by atoms with Crippen LogP contribution in [0.5, 0.6) is 0 Å². The standard InChI is InChI=1S/C19H24N2O5/c1-3-25-11-7-10-21(13-14(2)19(23)24)18(22)17-12-16(20-26-17)15-8-5-4-6-9-15/h4-6,8-9,12,14H,3,7,10-11,13H2,1-2H3,(H,23,24). The van der Waals surface area contributed by atoms with Crippen LogP contribution >= 0.6 is 0 Å². The van der Waals surface area contributed by atoms with Crippen LogP contribution in [0.1, 0.15) is 30.8 Å². The van der Waals surface area contributed by atoms with Gasteiger partial charge in [-0.2, -0.15) is 0 Å². The highest BCUT2D eigenvalue weighted by atomic mass is 16.5. The summed E-state index contributed by atoms with van der Waals surface area (Å²) in [7, 11) is 0. The van der Waals surface area contributed by atoms with Crippen LogP contribution in [0.4, 0.5) is 0 Å². The average Bonchev–Trinajstić information content (AvgIpc) is 3.14. The maximum atomic E-state index is 12.8. The highest BCUT2D eigenvalue weighted by molar-refractivity contribution is 5.92. The lowest BCUT2D eigenvalue weighted by Crippen LogP contribution is -2.37. The number of aromatic nitrogens is 1. The molecule has 0 radical (unpaired) electrons. The molecule has 0 saturated carbocycles. The van der Waals surface area contributed by atoms with Crippen LogP contribution in [-0.2, 0) is 9.53 Å². The van der Waals surface area contributed by atoms with E-state index in [-0.39, 0.29) is 18.2 Å². The topological polar surface area (TPSA) is 92.9 Å². The Kier molecular flexibility index (Phi) is 7.35. The van der Waals surface area contributed by atoms with Crippen molar-refractivity contribution in [2.24, 2.45) is 5.92 Å². The summed E-state index contributed by atoms with van der Waals surface area (Å²) in [6, 6.07) is 11.0. The number of amides is 1. The van der Waals surface area contributed by atoms with Gasteiger partial charge in [0.1, 0.15) is 5.69 Å². The van der Waals surface area contributed by atoms with Crippen molar-refractivity contribution in [3.63, 3.8) is 0 Å². The highest BCUT2D eigenvalue weighted by Gasteiger charge is 2.24. The smallest absolute Gasteiger partial charge is 0.308 e. The number of hydrogen-bond donors (Lipinski definition) is 1. The zero-order valence-electron chi connectivity index (χ0n) is 15.1. The first-order chi connectivity index (χ1) is 12.5. The van der Waals surface area contributed by atoms with Gasteiger partial charge in [0.05, 0.1) is 5.92 Å². The number of carboxylic acid groups (broad SMARTS) is 1. The summed E-state index contributed by atoms with van der Waals surface area (Å²) in [5.41, 5.74) is 1.41. The van der Waals surface area contributed by atoms with Crippen LogP contribution in [0.3, 0.4) is 0 Å². The molecule has 0 spiro atoms. The van der Waals surface area contributed by atoms with Crippen LogP contribution in [0.2, 0.25) is 0 Å². The molecule has 1 aromatic heterocycles. The van der Waals surface area contributed by atoms with Gasteiger partial charge in [0.25, 0.3) is 5.91 Å².